The van der Waals surface area contributed by atoms with Crippen LogP contribution in [0, 0.1) is 0 Å². The highest BCUT2D eigenvalue weighted by atomic mass is 19.1. The van der Waals surface area contributed by atoms with E-state index in [2.05, 4.69) is 25.5 Å². The molecule has 1 fully saturated rings. The number of nitrogens with one attached hydrogen (secondary N) is 1. The quantitative estimate of drug-likeness (QED) is 0.735. The van der Waals surface area contributed by atoms with E-state index >= 15 is 0 Å². The highest BCUT2D eigenvalue weighted by Gasteiger charge is 2.25. The minimum Gasteiger partial charge on any atom is -0.366 e. The molecule has 0 aromatic carbocycles. The molecule has 0 radical (unpaired) electrons. The van der Waals surface area contributed by atoms with Gasteiger partial charge in [0.15, 0.2) is 0 Å². The van der Waals surface area contributed by atoms with Crippen molar-refractivity contribution in [2.75, 3.05) is 19.8 Å². The molecule has 1 amide bonds. The maximum atomic E-state index is 13.3. The summed E-state index contributed by atoms with van der Waals surface area (Å²) in [5, 5.41) is 11.7. The molecule has 164 valence electrons. The molecule has 2 aliphatic heterocycles. The third-order valence-corrected chi connectivity index (χ3v) is 4.88. The van der Waals surface area contributed by atoms with E-state index in [-0.39, 0.29) is 30.9 Å². The third-order valence-electron chi connectivity index (χ3n) is 4.88. The van der Waals surface area contributed by atoms with E-state index in [1.54, 1.807) is 12.4 Å². The molecule has 2 aliphatic rings. The fourth-order valence-corrected chi connectivity index (χ4v) is 3.37. The van der Waals surface area contributed by atoms with Crippen LogP contribution in [-0.4, -0.2) is 63.7 Å². The van der Waals surface area contributed by atoms with E-state index in [1.165, 1.54) is 17.1 Å². The van der Waals surface area contributed by atoms with Crippen LogP contribution in [0.4, 0.5) is 4.39 Å². The van der Waals surface area contributed by atoms with E-state index < -0.39 is 0 Å². The lowest BCUT2D eigenvalue weighted by Crippen LogP contribution is -2.49. The number of allylic oxidation sites excluding steroid dienone is 6. The van der Waals surface area contributed by atoms with Crippen molar-refractivity contribution in [3.63, 3.8) is 0 Å². The standard InChI is InChI=1S/C22H28FN7O/c1-2-3-9-20(30-26-11-12-27-30)14-22(31)29-13-6-8-19(16-29)28-21-10-5-4-7-18(23)15-24-17-25-21/h2-3,5,7,9-12,15,19H,4,6,8,13-14,16-17H2,1H3,(H,25,28)/b3-2-,10-5-,18-7+,20-9+,24-15-. The molecule has 1 unspecified atom stereocenters. The fraction of sp³-hybridized carbons (Fsp3) is 0.409. The number of rotatable bonds is 5. The zero-order valence-corrected chi connectivity index (χ0v) is 17.7. The van der Waals surface area contributed by atoms with E-state index in [9.17, 15) is 9.18 Å². The molecule has 3 rings (SSSR count). The zero-order chi connectivity index (χ0) is 21.9. The molecule has 1 N–H and O–H groups in total. The average molecular weight is 426 g/mol. The number of hydrogen-bond acceptors (Lipinski definition) is 6. The number of carbonyl (C=O) groups is 1. The maximum absolute atomic E-state index is 13.3. The largest absolute Gasteiger partial charge is 0.366 e. The van der Waals surface area contributed by atoms with Crippen LogP contribution in [0.15, 0.2) is 64.7 Å². The maximum Gasteiger partial charge on any atom is 0.228 e. The Morgan fingerprint density at radius 2 is 2.19 bits per heavy atom. The van der Waals surface area contributed by atoms with Crippen LogP contribution in [-0.2, 0) is 4.79 Å². The highest BCUT2D eigenvalue weighted by molar-refractivity contribution is 5.93. The number of piperidine rings is 1. The summed E-state index contributed by atoms with van der Waals surface area (Å²) < 4.78 is 13.3. The molecular weight excluding hydrogens is 397 g/mol. The third kappa shape index (κ3) is 7.13. The summed E-state index contributed by atoms with van der Waals surface area (Å²) >= 11 is 0. The molecule has 1 saturated heterocycles. The predicted molar refractivity (Wildman–Crippen MR) is 120 cm³/mol. The second-order valence-electron chi connectivity index (χ2n) is 7.23. The average Bonchev–Trinajstić information content (AvgIpc) is 3.31. The summed E-state index contributed by atoms with van der Waals surface area (Å²) in [6.07, 6.45) is 17.7. The Hall–Kier alpha value is -3.36. The monoisotopic (exact) mass is 425 g/mol. The Balaban J connectivity index is 1.61. The van der Waals surface area contributed by atoms with Crippen LogP contribution in [0.1, 0.15) is 32.6 Å². The minimum absolute atomic E-state index is 0.0354. The van der Waals surface area contributed by atoms with Crippen molar-refractivity contribution >= 4 is 23.7 Å². The van der Waals surface area contributed by atoms with Gasteiger partial charge in [0.25, 0.3) is 0 Å². The number of amides is 1. The molecule has 9 heteroatoms. The van der Waals surface area contributed by atoms with Crippen molar-refractivity contribution in [3.05, 3.63) is 54.7 Å². The summed E-state index contributed by atoms with van der Waals surface area (Å²) in [7, 11) is 0. The number of amidine groups is 1. The number of hydrogen-bond donors (Lipinski definition) is 1. The second kappa shape index (κ2) is 11.7. The molecular formula is C22H28FN7O. The van der Waals surface area contributed by atoms with Crippen LogP contribution in [0.2, 0.25) is 0 Å². The lowest BCUT2D eigenvalue weighted by Gasteiger charge is -2.34. The molecule has 3 heterocycles. The lowest BCUT2D eigenvalue weighted by molar-refractivity contribution is -0.131. The molecule has 0 aliphatic carbocycles. The first kappa shape index (κ1) is 22.3. The number of aromatic nitrogens is 3. The van der Waals surface area contributed by atoms with Gasteiger partial charge in [0.2, 0.25) is 5.91 Å². The Morgan fingerprint density at radius 3 is 3.00 bits per heavy atom. The van der Waals surface area contributed by atoms with Gasteiger partial charge in [-0.15, -0.1) is 0 Å². The predicted octanol–water partition coefficient (Wildman–Crippen LogP) is 2.91. The minimum atomic E-state index is -0.356. The van der Waals surface area contributed by atoms with Crippen LogP contribution in [0.3, 0.4) is 0 Å². The molecule has 0 spiro atoms. The van der Waals surface area contributed by atoms with Crippen molar-refractivity contribution in [3.8, 4) is 0 Å². The highest BCUT2D eigenvalue weighted by Crippen LogP contribution is 2.16. The number of halogens is 1. The van der Waals surface area contributed by atoms with Gasteiger partial charge in [-0.25, -0.2) is 9.38 Å². The molecule has 1 atom stereocenters. The summed E-state index contributed by atoms with van der Waals surface area (Å²) in [5.74, 6) is 0.376. The molecule has 31 heavy (non-hydrogen) atoms. The fourth-order valence-electron chi connectivity index (χ4n) is 3.37. The van der Waals surface area contributed by atoms with Gasteiger partial charge in [-0.05, 0) is 44.4 Å². The van der Waals surface area contributed by atoms with E-state index in [1.807, 2.05) is 42.2 Å². The van der Waals surface area contributed by atoms with Gasteiger partial charge in [-0.3, -0.25) is 9.79 Å². The molecule has 1 aromatic heterocycles. The first-order valence-electron chi connectivity index (χ1n) is 10.4. The van der Waals surface area contributed by atoms with Gasteiger partial charge >= 0.3 is 0 Å². The molecule has 1 aromatic rings. The first-order valence-corrected chi connectivity index (χ1v) is 10.4. The van der Waals surface area contributed by atoms with Crippen LogP contribution < -0.4 is 5.32 Å². The SMILES string of the molecule is C/C=C\C=C(/CC(=O)N1CCCC(NC2=N/C/N=C\C(F)=C/C/C=C\2)C1)n1nccn1. The van der Waals surface area contributed by atoms with E-state index in [0.717, 1.165) is 25.1 Å². The number of nitrogens with zero attached hydrogens (tertiary/aromatic N) is 6. The molecule has 0 bridgehead atoms. The summed E-state index contributed by atoms with van der Waals surface area (Å²) in [4.78, 5) is 24.7. The van der Waals surface area contributed by atoms with Gasteiger partial charge in [-0.2, -0.15) is 15.0 Å². The molecule has 0 saturated carbocycles. The summed E-state index contributed by atoms with van der Waals surface area (Å²) in [6, 6.07) is 0.0890. The Labute approximate surface area is 181 Å². The summed E-state index contributed by atoms with van der Waals surface area (Å²) in [6.45, 7) is 3.38. The number of aliphatic imine (C=N–C) groups is 2. The number of carbonyl (C=O) groups excluding carboxylic acids is 1. The van der Waals surface area contributed by atoms with E-state index in [4.69, 9.17) is 0 Å². The van der Waals surface area contributed by atoms with Crippen molar-refractivity contribution < 1.29 is 9.18 Å². The van der Waals surface area contributed by atoms with Crippen LogP contribution in [0.25, 0.3) is 5.70 Å². The van der Waals surface area contributed by atoms with Crippen molar-refractivity contribution in [1.29, 1.82) is 0 Å². The zero-order valence-electron chi connectivity index (χ0n) is 17.7. The Kier molecular flexibility index (Phi) is 8.45. The van der Waals surface area contributed by atoms with Crippen LogP contribution in [0.5, 0.6) is 0 Å². The van der Waals surface area contributed by atoms with Crippen molar-refractivity contribution in [2.45, 2.75) is 38.6 Å². The van der Waals surface area contributed by atoms with Crippen molar-refractivity contribution in [2.24, 2.45) is 9.98 Å². The Morgan fingerprint density at radius 1 is 1.35 bits per heavy atom. The topological polar surface area (TPSA) is 87.8 Å². The first-order chi connectivity index (χ1) is 15.2. The van der Waals surface area contributed by atoms with Gasteiger partial charge in [0.1, 0.15) is 18.3 Å². The number of likely N-dealkylation sites (tertiary alicyclic amines) is 1. The van der Waals surface area contributed by atoms with Crippen molar-refractivity contribution in [1.82, 2.24) is 25.2 Å². The smallest absolute Gasteiger partial charge is 0.228 e. The normalized spacial score (nSPS) is 25.9. The van der Waals surface area contributed by atoms with E-state index in [0.29, 0.717) is 18.8 Å². The summed E-state index contributed by atoms with van der Waals surface area (Å²) in [5.41, 5.74) is 0.723. The van der Waals surface area contributed by atoms with Gasteiger partial charge < -0.3 is 10.2 Å². The second-order valence-corrected chi connectivity index (χ2v) is 7.23. The molecule has 8 nitrogen and oxygen atoms in total. The Bertz CT molecular complexity index is 912. The van der Waals surface area contributed by atoms with Gasteiger partial charge in [0, 0.05) is 19.1 Å². The van der Waals surface area contributed by atoms with Gasteiger partial charge in [0.05, 0.1) is 30.7 Å². The lowest BCUT2D eigenvalue weighted by atomic mass is 10.0. The van der Waals surface area contributed by atoms with Crippen LogP contribution >= 0.6 is 0 Å². The van der Waals surface area contributed by atoms with Gasteiger partial charge in [-0.1, -0.05) is 18.2 Å².